The van der Waals surface area contributed by atoms with Crippen molar-refractivity contribution in [2.24, 2.45) is 0 Å². The van der Waals surface area contributed by atoms with Crippen molar-refractivity contribution >= 4 is 40.3 Å². The topological polar surface area (TPSA) is 75.5 Å². The van der Waals surface area contributed by atoms with Gasteiger partial charge in [0.25, 0.3) is 11.6 Å². The van der Waals surface area contributed by atoms with Crippen LogP contribution in [0.3, 0.4) is 0 Å². The van der Waals surface area contributed by atoms with E-state index >= 15 is 0 Å². The van der Waals surface area contributed by atoms with Gasteiger partial charge in [0.15, 0.2) is 5.54 Å². The fraction of sp³-hybridized carbons (Fsp3) is 0.562. The maximum atomic E-state index is 13.1. The number of hydrogen-bond donors (Lipinski definition) is 1. The molecule has 140 valence electrons. The fourth-order valence-corrected chi connectivity index (χ4v) is 8.40. The third-order valence-corrected chi connectivity index (χ3v) is 10.4. The number of nitro benzene ring substituents is 1. The van der Waals surface area contributed by atoms with Gasteiger partial charge in [-0.15, -0.1) is 0 Å². The highest BCUT2D eigenvalue weighted by molar-refractivity contribution is 8.69. The molecule has 0 saturated heterocycles. The lowest BCUT2D eigenvalue weighted by atomic mass is 10.2. The number of benzene rings is 1. The van der Waals surface area contributed by atoms with Crippen molar-refractivity contribution < 1.29 is 9.72 Å². The molecule has 0 aliphatic carbocycles. The molecule has 6 nitrogen and oxygen atoms in total. The van der Waals surface area contributed by atoms with E-state index in [1.807, 2.05) is 6.92 Å². The van der Waals surface area contributed by atoms with Crippen LogP contribution in [0, 0.1) is 10.1 Å². The summed E-state index contributed by atoms with van der Waals surface area (Å²) in [6.07, 6.45) is 2.73. The summed E-state index contributed by atoms with van der Waals surface area (Å²) in [5, 5.41) is 14.2. The van der Waals surface area contributed by atoms with Gasteiger partial charge in [0.2, 0.25) is 0 Å². The zero-order valence-electron chi connectivity index (χ0n) is 14.9. The zero-order chi connectivity index (χ0) is 18.9. The first-order chi connectivity index (χ1) is 11.9. The van der Waals surface area contributed by atoms with Crippen molar-refractivity contribution in [3.05, 3.63) is 39.9 Å². The summed E-state index contributed by atoms with van der Waals surface area (Å²) in [4.78, 5) is 23.4. The van der Waals surface area contributed by atoms with Crippen LogP contribution in [-0.2, 0) is 11.8 Å². The van der Waals surface area contributed by atoms with Gasteiger partial charge in [-0.25, -0.2) is 0 Å². The van der Waals surface area contributed by atoms with Crippen LogP contribution >= 0.6 is 16.9 Å². The average Bonchev–Trinajstić information content (AvgIpc) is 2.62. The Hall–Kier alpha value is -0.950. The molecule has 1 rings (SSSR count). The van der Waals surface area contributed by atoms with Crippen molar-refractivity contribution in [1.29, 1.82) is 0 Å². The Bertz CT molecular complexity index is 614. The summed E-state index contributed by atoms with van der Waals surface area (Å²) in [5.41, 5.74) is -1.87. The van der Waals surface area contributed by atoms with Crippen LogP contribution in [0.4, 0.5) is 5.69 Å². The summed E-state index contributed by atoms with van der Waals surface area (Å²) in [6.45, 7) is 7.51. The second-order valence-electron chi connectivity index (χ2n) is 5.49. The predicted molar refractivity (Wildman–Crippen MR) is 110 cm³/mol. The van der Waals surface area contributed by atoms with Gasteiger partial charge in [-0.3, -0.25) is 24.7 Å². The van der Waals surface area contributed by atoms with E-state index in [1.54, 1.807) is 16.1 Å². The molecule has 0 aliphatic rings. The molecule has 0 bridgehead atoms. The summed E-state index contributed by atoms with van der Waals surface area (Å²) < 4.78 is 1.78. The van der Waals surface area contributed by atoms with E-state index < -0.39 is 10.5 Å². The van der Waals surface area contributed by atoms with E-state index in [-0.39, 0.29) is 11.6 Å². The lowest BCUT2D eigenvalue weighted by molar-refractivity contribution is -0.384. The molecule has 1 amide bonds. The number of carbonyl (C=O) groups excluding carboxylic acids is 1. The van der Waals surface area contributed by atoms with Crippen LogP contribution in [0.1, 0.15) is 50.4 Å². The number of rotatable bonds is 11. The van der Waals surface area contributed by atoms with E-state index in [2.05, 4.69) is 18.9 Å². The number of nitro groups is 1. The fourth-order valence-electron chi connectivity index (χ4n) is 2.11. The minimum absolute atomic E-state index is 0.0255. The van der Waals surface area contributed by atoms with Crippen LogP contribution in [-0.4, -0.2) is 34.3 Å². The minimum Gasteiger partial charge on any atom is -0.291 e. The third kappa shape index (κ3) is 6.37. The van der Waals surface area contributed by atoms with Crippen molar-refractivity contribution in [3.8, 4) is 0 Å². The van der Waals surface area contributed by atoms with Gasteiger partial charge in [0, 0.05) is 36.5 Å². The average molecular weight is 404 g/mol. The van der Waals surface area contributed by atoms with Crippen LogP contribution in [0.15, 0.2) is 24.3 Å². The lowest BCUT2D eigenvalue weighted by Gasteiger charge is -2.35. The number of amides is 1. The second kappa shape index (κ2) is 10.9. The molecule has 0 aromatic heterocycles. The molecule has 0 heterocycles. The highest BCUT2D eigenvalue weighted by atomic mass is 32.9. The first-order valence-corrected chi connectivity index (χ1v) is 12.8. The van der Waals surface area contributed by atoms with Gasteiger partial charge in [-0.1, -0.05) is 32.2 Å². The molecule has 0 radical (unpaired) electrons. The standard InChI is InChI=1S/C16H26N3O3PS2/c1-4-11-17-23(24,25-13-6-3)18(12-5-2)16(20)14-7-9-15(10-8-14)19(21)22/h7-10H,4-6,11-13H2,1-3H3,(H,17,24). The quantitative estimate of drug-likeness (QED) is 0.324. The first-order valence-electron chi connectivity index (χ1n) is 8.46. The largest absolute Gasteiger partial charge is 0.291 e. The van der Waals surface area contributed by atoms with Crippen LogP contribution < -0.4 is 5.09 Å². The molecule has 0 saturated carbocycles. The molecular weight excluding hydrogens is 377 g/mol. The monoisotopic (exact) mass is 403 g/mol. The molecule has 9 heteroatoms. The van der Waals surface area contributed by atoms with Crippen molar-refractivity contribution in [2.45, 2.75) is 40.0 Å². The van der Waals surface area contributed by atoms with Crippen LogP contribution in [0.2, 0.25) is 0 Å². The number of non-ortho nitro benzene ring substituents is 1. The molecular formula is C16H26N3O3PS2. The van der Waals surface area contributed by atoms with Crippen molar-refractivity contribution in [2.75, 3.05) is 18.8 Å². The Morgan fingerprint density at radius 1 is 1.24 bits per heavy atom. The summed E-state index contributed by atoms with van der Waals surface area (Å²) >= 11 is 7.58. The Labute approximate surface area is 158 Å². The van der Waals surface area contributed by atoms with E-state index in [1.165, 1.54) is 24.3 Å². The van der Waals surface area contributed by atoms with E-state index in [9.17, 15) is 14.9 Å². The maximum absolute atomic E-state index is 13.1. The zero-order valence-corrected chi connectivity index (χ0v) is 17.5. The van der Waals surface area contributed by atoms with E-state index in [0.29, 0.717) is 12.1 Å². The normalized spacial score (nSPS) is 13.2. The predicted octanol–water partition coefficient (Wildman–Crippen LogP) is 4.81. The molecule has 1 aromatic carbocycles. The molecule has 1 unspecified atom stereocenters. The Morgan fingerprint density at radius 3 is 2.36 bits per heavy atom. The smallest absolute Gasteiger partial charge is 0.269 e. The number of nitrogens with one attached hydrogen (secondary N) is 1. The summed E-state index contributed by atoms with van der Waals surface area (Å²) in [7, 11) is 0. The number of nitrogens with zero attached hydrogens (tertiary/aromatic N) is 2. The molecule has 0 aliphatic heterocycles. The maximum Gasteiger partial charge on any atom is 0.269 e. The summed E-state index contributed by atoms with van der Waals surface area (Å²) in [6, 6.07) is 5.74. The second-order valence-corrected chi connectivity index (χ2v) is 12.6. The Morgan fingerprint density at radius 2 is 1.88 bits per heavy atom. The van der Waals surface area contributed by atoms with Gasteiger partial charge >= 0.3 is 0 Å². The molecule has 1 atom stereocenters. The molecule has 25 heavy (non-hydrogen) atoms. The first kappa shape index (κ1) is 22.1. The van der Waals surface area contributed by atoms with E-state index in [4.69, 9.17) is 11.8 Å². The number of hydrogen-bond acceptors (Lipinski definition) is 5. The van der Waals surface area contributed by atoms with Crippen LogP contribution in [0.5, 0.6) is 0 Å². The molecule has 0 spiro atoms. The Kier molecular flexibility index (Phi) is 9.64. The molecule has 1 aromatic rings. The van der Waals surface area contributed by atoms with Gasteiger partial charge in [-0.2, -0.15) is 0 Å². The lowest BCUT2D eigenvalue weighted by Crippen LogP contribution is -2.33. The highest BCUT2D eigenvalue weighted by Crippen LogP contribution is 2.59. The highest BCUT2D eigenvalue weighted by Gasteiger charge is 2.30. The Balaban J connectivity index is 3.13. The van der Waals surface area contributed by atoms with Crippen LogP contribution in [0.25, 0.3) is 0 Å². The van der Waals surface area contributed by atoms with E-state index in [0.717, 1.165) is 31.6 Å². The molecule has 1 N–H and O–H groups in total. The van der Waals surface area contributed by atoms with Gasteiger partial charge < -0.3 is 0 Å². The van der Waals surface area contributed by atoms with Crippen molar-refractivity contribution in [1.82, 2.24) is 9.76 Å². The SMILES string of the molecule is CCCNP(=S)(SCCC)N(CCC)C(=O)c1ccc([N+](=O)[O-])cc1. The van der Waals surface area contributed by atoms with Gasteiger partial charge in [0.05, 0.1) is 4.92 Å². The van der Waals surface area contributed by atoms with Gasteiger partial charge in [-0.05, 0) is 43.2 Å². The number of carbonyl (C=O) groups is 1. The minimum atomic E-state index is -2.28. The third-order valence-electron chi connectivity index (χ3n) is 3.34. The summed E-state index contributed by atoms with van der Waals surface area (Å²) in [5.74, 6) is 0.731. The van der Waals surface area contributed by atoms with Gasteiger partial charge in [0.1, 0.15) is 0 Å². The van der Waals surface area contributed by atoms with Crippen molar-refractivity contribution in [3.63, 3.8) is 0 Å². The molecule has 0 fully saturated rings.